The number of carbonyl (C=O) groups is 7. The largest absolute Gasteiger partial charge is 0.501 e. The Labute approximate surface area is 539 Å². The molecule has 5 aromatic rings. The summed E-state index contributed by atoms with van der Waals surface area (Å²) in [5, 5.41) is 104. The van der Waals surface area contributed by atoms with E-state index in [1.807, 2.05) is 0 Å². The fourth-order valence-corrected chi connectivity index (χ4v) is 13.7. The molecule has 10 N–H and O–H groups in total. The summed E-state index contributed by atoms with van der Waals surface area (Å²) in [7, 11) is -4.34. The lowest BCUT2D eigenvalue weighted by Crippen LogP contribution is -2.61. The highest BCUT2D eigenvalue weighted by atomic mass is 32.3. The van der Waals surface area contributed by atoms with Crippen molar-refractivity contribution < 1.29 is 124 Å². The van der Waals surface area contributed by atoms with Crippen molar-refractivity contribution in [3.63, 3.8) is 0 Å². The second-order valence-electron chi connectivity index (χ2n) is 23.2. The number of ketones is 1. The lowest BCUT2D eigenvalue weighted by molar-refractivity contribution is -0.292. The number of rotatable bonds is 23. The Kier molecular flexibility index (Phi) is 19.2. The minimum Gasteiger partial charge on any atom is -0.479 e. The number of amides is 4. The first kappa shape index (κ1) is 68.2. The zero-order valence-electron chi connectivity index (χ0n) is 50.4. The predicted octanol–water partition coefficient (Wildman–Crippen LogP) is -2.97. The molecular formula is C58H63FN8O26S2. The molecule has 3 saturated heterocycles. The Bertz CT molecular complexity index is 4140. The van der Waals surface area contributed by atoms with Gasteiger partial charge in [0, 0.05) is 65.7 Å². The van der Waals surface area contributed by atoms with Crippen LogP contribution in [0.4, 0.5) is 4.39 Å². The fraction of sp³-hybridized carbons (Fsp3) is 0.500. The molecule has 6 aliphatic rings. The van der Waals surface area contributed by atoms with Crippen molar-refractivity contribution in [3.8, 4) is 28.6 Å². The van der Waals surface area contributed by atoms with Crippen LogP contribution < -0.4 is 24.0 Å². The molecule has 0 radical (unpaired) electrons. The number of benzene rings is 2. The molecule has 4 amide bonds. The third-order valence-electron chi connectivity index (χ3n) is 17.4. The number of thioether (sulfide) groups is 1. The van der Waals surface area contributed by atoms with Gasteiger partial charge in [-0.3, -0.25) is 33.7 Å². The molecule has 2 aliphatic carbocycles. The Morgan fingerprint density at radius 2 is 1.56 bits per heavy atom. The van der Waals surface area contributed by atoms with E-state index in [9.17, 15) is 92.7 Å². The number of nitrogens with one attached hydrogen (secondary N) is 1. The summed E-state index contributed by atoms with van der Waals surface area (Å²) in [5.41, 5.74) is -2.38. The lowest BCUT2D eigenvalue weighted by atomic mass is 9.77. The number of aromatic nitrogens is 5. The van der Waals surface area contributed by atoms with Crippen LogP contribution in [0.1, 0.15) is 82.5 Å². The third-order valence-corrected chi connectivity index (χ3v) is 19.1. The summed E-state index contributed by atoms with van der Waals surface area (Å²) in [4.78, 5) is 111. The molecule has 95 heavy (non-hydrogen) atoms. The van der Waals surface area contributed by atoms with Gasteiger partial charge in [0.05, 0.1) is 67.2 Å². The van der Waals surface area contributed by atoms with Crippen LogP contribution in [-0.4, -0.2) is 236 Å². The minimum absolute atomic E-state index is 0.0192. The Morgan fingerprint density at radius 3 is 2.23 bits per heavy atom. The van der Waals surface area contributed by atoms with Crippen LogP contribution in [0.15, 0.2) is 41.3 Å². The number of hydrogen-bond acceptors (Lipinski definition) is 28. The number of halogens is 1. The molecule has 3 fully saturated rings. The molecule has 3 aromatic heterocycles. The quantitative estimate of drug-likeness (QED) is 0.0226. The van der Waals surface area contributed by atoms with Crippen molar-refractivity contribution in [2.75, 3.05) is 39.7 Å². The van der Waals surface area contributed by atoms with Gasteiger partial charge in [-0.05, 0) is 61.8 Å². The zero-order chi connectivity index (χ0) is 68.4. The zero-order valence-corrected chi connectivity index (χ0v) is 52.0. The van der Waals surface area contributed by atoms with Gasteiger partial charge in [-0.1, -0.05) is 12.1 Å². The molecule has 0 spiro atoms. The predicted molar refractivity (Wildman–Crippen MR) is 314 cm³/mol. The molecule has 4 aliphatic heterocycles. The number of aliphatic carboxylic acids is 2. The number of carboxylic acids is 2. The van der Waals surface area contributed by atoms with E-state index in [1.54, 1.807) is 19.4 Å². The van der Waals surface area contributed by atoms with Crippen LogP contribution in [0.25, 0.3) is 22.3 Å². The number of pyridine rings is 2. The van der Waals surface area contributed by atoms with E-state index in [0.29, 0.717) is 5.69 Å². The first-order chi connectivity index (χ1) is 45.0. The first-order valence-electron chi connectivity index (χ1n) is 29.5. The SMILES string of the molecule is CC[C@@]1(O)C(=O)CCc2c1cc1n(c2=O)Cc2c-1nc1cc(F)c(OS(=O)(=O)Oc3cc(C(=O)N(C)CCOCCn4cc(CN5C(=O)CC(SC)C5=O)nn4)ccc3O[C@@H]3O[C@H](C(=O)O)[C@@H](O)[C@H](O)[C@H]3O)c3c1c2[C@H](NC(=O)COC1O[C@H](C(=O)O)[C@@H](O)[C@H](O)[C@H]1O)CC3. The molecule has 2 unspecified atom stereocenters. The van der Waals surface area contributed by atoms with Gasteiger partial charge in [0.2, 0.25) is 24.0 Å². The van der Waals surface area contributed by atoms with Gasteiger partial charge in [0.1, 0.15) is 54.5 Å². The molecule has 0 saturated carbocycles. The number of aliphatic hydroxyl groups is 7. The van der Waals surface area contributed by atoms with E-state index in [-0.39, 0.29) is 145 Å². The summed E-state index contributed by atoms with van der Waals surface area (Å²) in [6, 6.07) is 3.91. The summed E-state index contributed by atoms with van der Waals surface area (Å²) >= 11 is 1.27. The first-order valence-corrected chi connectivity index (χ1v) is 32.2. The van der Waals surface area contributed by atoms with Crippen LogP contribution in [0.5, 0.6) is 17.2 Å². The van der Waals surface area contributed by atoms with E-state index in [0.717, 1.165) is 34.1 Å². The Balaban J connectivity index is 0.879. The number of Topliss-reactive ketones (excluding diaryl/α,β-unsaturated/α-hetero) is 1. The number of carbonyl (C=O) groups excluding carboxylic acids is 5. The standard InChI is InChI=1S/C58H63FN8O26S2/c1-4-58(84)28-16-32-41-27(21-66(32)52(78)25(28)7-10-36(58)68)40-30(60-37(69)22-88-56-46(75)42(71)44(73)49(90-56)54(80)81)8-6-26-39(40)31(61-41)17-29(59)48(26)93-95(85,86)92-34-15-23(5-9-33(34)89-57-47(76)43(72)45(74)50(91-57)55(82)83)51(77)64(2)11-13-87-14-12-65-19-24(62-63-65)20-67-38(70)18-35(94-3)53(67)79/h5,9,15-17,19,30,35,42-47,49-50,56-57,71-76,84H,4,6-8,10-14,18,20-22H2,1-3H3,(H,60,69)(H,80,81)(H,82,83)/t30-,35?,42+,43+,44+,45+,46-,47-,49+,50+,56?,57-,58+/m1/s1. The van der Waals surface area contributed by atoms with Crippen molar-refractivity contribution in [3.05, 3.63) is 91.8 Å². The van der Waals surface area contributed by atoms with Crippen molar-refractivity contribution in [1.29, 1.82) is 0 Å². The Morgan fingerprint density at radius 1 is 0.863 bits per heavy atom. The third kappa shape index (κ3) is 12.9. The normalized spacial score (nSPS) is 27.0. The summed E-state index contributed by atoms with van der Waals surface area (Å²) in [5.74, 6) is -10.5. The maximum absolute atomic E-state index is 17.0. The van der Waals surface area contributed by atoms with Crippen molar-refractivity contribution in [1.82, 2.24) is 39.7 Å². The molecule has 11 rings (SSSR count). The van der Waals surface area contributed by atoms with Crippen LogP contribution >= 0.6 is 11.8 Å². The summed E-state index contributed by atoms with van der Waals surface area (Å²) < 4.78 is 86.8. The van der Waals surface area contributed by atoms with E-state index in [1.165, 1.54) is 34.1 Å². The molecule has 37 heteroatoms. The van der Waals surface area contributed by atoms with Gasteiger partial charge in [-0.15, -0.1) is 13.5 Å². The van der Waals surface area contributed by atoms with Gasteiger partial charge in [-0.2, -0.15) is 11.8 Å². The van der Waals surface area contributed by atoms with Gasteiger partial charge < -0.3 is 92.8 Å². The number of nitrogens with zero attached hydrogens (tertiary/aromatic N) is 7. The van der Waals surface area contributed by atoms with Crippen LogP contribution in [-0.2, 0) is 96.2 Å². The molecule has 34 nitrogen and oxygen atoms in total. The minimum atomic E-state index is -5.70. The smallest absolute Gasteiger partial charge is 0.479 e. The average molecular weight is 1370 g/mol. The maximum Gasteiger partial charge on any atom is 0.501 e. The molecule has 2 aromatic carbocycles. The molecule has 510 valence electrons. The fourth-order valence-electron chi connectivity index (χ4n) is 12.3. The monoisotopic (exact) mass is 1370 g/mol. The number of aliphatic hydroxyl groups excluding tert-OH is 6. The number of carboxylic acid groups (broad SMARTS) is 2. The molecule has 7 heterocycles. The average Bonchev–Trinajstić information content (AvgIpc) is 1.62. The van der Waals surface area contributed by atoms with Crippen LogP contribution in [0, 0.1) is 5.82 Å². The van der Waals surface area contributed by atoms with Crippen LogP contribution in [0.2, 0.25) is 0 Å². The van der Waals surface area contributed by atoms with Gasteiger partial charge in [-0.25, -0.2) is 23.6 Å². The van der Waals surface area contributed by atoms with Gasteiger partial charge in [0.15, 0.2) is 47.3 Å². The number of aryl methyl sites for hydroxylation is 1. The number of likely N-dealkylation sites (N-methyl/N-ethyl adjacent to an activating group) is 1. The Hall–Kier alpha value is -8.18. The van der Waals surface area contributed by atoms with Gasteiger partial charge >= 0.3 is 22.3 Å². The number of ether oxygens (including phenoxy) is 5. The van der Waals surface area contributed by atoms with Crippen molar-refractivity contribution >= 4 is 74.4 Å². The number of fused-ring (bicyclic) bond motifs is 5. The van der Waals surface area contributed by atoms with Gasteiger partial charge in [0.25, 0.3) is 11.5 Å². The molecule has 13 atom stereocenters. The number of imide groups is 1. The highest BCUT2D eigenvalue weighted by Crippen LogP contribution is 2.48. The van der Waals surface area contributed by atoms with E-state index in [4.69, 9.17) is 37.0 Å². The summed E-state index contributed by atoms with van der Waals surface area (Å²) in [6.07, 6.45) is -18.7. The second kappa shape index (κ2) is 26.8. The number of hydrogen-bond donors (Lipinski definition) is 10. The van der Waals surface area contributed by atoms with Crippen molar-refractivity contribution in [2.45, 2.75) is 143 Å². The van der Waals surface area contributed by atoms with E-state index < -0.39 is 153 Å². The topological polar surface area (TPSA) is 484 Å². The van der Waals surface area contributed by atoms with Crippen molar-refractivity contribution in [2.24, 2.45) is 0 Å². The highest BCUT2D eigenvalue weighted by Gasteiger charge is 2.51. The highest BCUT2D eigenvalue weighted by molar-refractivity contribution is 8.00. The number of likely N-dealkylation sites (tertiary alicyclic amines) is 1. The van der Waals surface area contributed by atoms with E-state index in [2.05, 4.69) is 15.6 Å². The second-order valence-corrected chi connectivity index (χ2v) is 25.4. The lowest BCUT2D eigenvalue weighted by Gasteiger charge is -2.38. The van der Waals surface area contributed by atoms with Crippen LogP contribution in [0.3, 0.4) is 0 Å². The van der Waals surface area contributed by atoms with E-state index >= 15 is 4.39 Å². The maximum atomic E-state index is 17.0. The summed E-state index contributed by atoms with van der Waals surface area (Å²) in [6.45, 7) is 0.276. The molecular weight excluding hydrogens is 1310 g/mol. The molecule has 0 bridgehead atoms.